The van der Waals surface area contributed by atoms with Gasteiger partial charge in [0.05, 0.1) is 0 Å². The highest BCUT2D eigenvalue weighted by Crippen LogP contribution is 2.57. The molecule has 0 N–H and O–H groups in total. The van der Waals surface area contributed by atoms with E-state index < -0.39 is 0 Å². The van der Waals surface area contributed by atoms with Crippen molar-refractivity contribution in [3.63, 3.8) is 0 Å². The average molecular weight is 632 g/mol. The summed E-state index contributed by atoms with van der Waals surface area (Å²) in [7, 11) is 0. The molecule has 2 aliphatic carbocycles. The second-order valence-corrected chi connectivity index (χ2v) is 13.5. The van der Waals surface area contributed by atoms with Crippen molar-refractivity contribution in [2.45, 2.75) is 37.5 Å². The summed E-state index contributed by atoms with van der Waals surface area (Å²) in [6.45, 7) is 0. The Bertz CT molecular complexity index is 2470. The van der Waals surface area contributed by atoms with Crippen molar-refractivity contribution < 1.29 is 4.42 Å². The molecule has 234 valence electrons. The zero-order valence-corrected chi connectivity index (χ0v) is 27.1. The van der Waals surface area contributed by atoms with Gasteiger partial charge in [0.1, 0.15) is 11.2 Å². The zero-order chi connectivity index (χ0) is 32.4. The lowest BCUT2D eigenvalue weighted by Gasteiger charge is -2.36. The van der Waals surface area contributed by atoms with E-state index in [-0.39, 0.29) is 5.41 Å². The normalized spacial score (nSPS) is 14.7. The Morgan fingerprint density at radius 2 is 0.959 bits per heavy atom. The summed E-state index contributed by atoms with van der Waals surface area (Å²) >= 11 is 0. The van der Waals surface area contributed by atoms with Crippen molar-refractivity contribution in [2.75, 3.05) is 0 Å². The molecule has 2 aromatic heterocycles. The standard InChI is InChI=1S/C45H33N3O/c1-4-13-29(14-5-1)42-46-43(30-15-6-2-7-16-30)48-44(47-42)32-22-24-40-36(28-32)35-27-31(21-23-39(35)49-40)33-18-12-20-38-41(33)34-17-8-9-19-37(34)45(38)25-10-3-11-26-45/h1-2,4-9,12-24,27-28H,3,10-11,25-26H2. The maximum Gasteiger partial charge on any atom is 0.164 e. The second-order valence-electron chi connectivity index (χ2n) is 13.5. The molecule has 6 aromatic carbocycles. The number of nitrogens with zero attached hydrogens (tertiary/aromatic N) is 3. The summed E-state index contributed by atoms with van der Waals surface area (Å²) in [5.41, 5.74) is 13.0. The first-order valence-corrected chi connectivity index (χ1v) is 17.3. The molecule has 8 aromatic rings. The Kier molecular flexibility index (Phi) is 6.38. The molecule has 1 saturated carbocycles. The number of fused-ring (bicyclic) bond motifs is 8. The molecule has 4 heteroatoms. The van der Waals surface area contributed by atoms with E-state index in [1.165, 1.54) is 65.5 Å². The van der Waals surface area contributed by atoms with Gasteiger partial charge < -0.3 is 4.42 Å². The second kappa shape index (κ2) is 11.1. The summed E-state index contributed by atoms with van der Waals surface area (Å²) in [6.07, 6.45) is 6.35. The number of hydrogen-bond acceptors (Lipinski definition) is 4. The molecule has 0 amide bonds. The zero-order valence-electron chi connectivity index (χ0n) is 27.1. The first-order valence-electron chi connectivity index (χ1n) is 17.3. The summed E-state index contributed by atoms with van der Waals surface area (Å²) in [5.74, 6) is 1.94. The van der Waals surface area contributed by atoms with Crippen LogP contribution in [0.2, 0.25) is 0 Å². The van der Waals surface area contributed by atoms with Crippen LogP contribution in [0.4, 0.5) is 0 Å². The SMILES string of the molecule is c1ccc(-c2nc(-c3ccccc3)nc(-c3ccc4oc5ccc(-c6cccc7c6-c6ccccc6C76CCCCC6)cc5c4c3)n2)cc1. The molecule has 0 aliphatic heterocycles. The molecule has 49 heavy (non-hydrogen) atoms. The van der Waals surface area contributed by atoms with E-state index in [0.717, 1.165) is 38.6 Å². The van der Waals surface area contributed by atoms with Gasteiger partial charge in [-0.1, -0.05) is 128 Å². The fraction of sp³-hybridized carbons (Fsp3) is 0.133. The summed E-state index contributed by atoms with van der Waals surface area (Å²) in [4.78, 5) is 14.9. The molecule has 0 atom stereocenters. The van der Waals surface area contributed by atoms with E-state index in [2.05, 4.69) is 72.8 Å². The van der Waals surface area contributed by atoms with Crippen LogP contribution in [0.1, 0.15) is 43.2 Å². The topological polar surface area (TPSA) is 51.8 Å². The average Bonchev–Trinajstić information content (AvgIpc) is 3.68. The first kappa shape index (κ1) is 28.2. The van der Waals surface area contributed by atoms with Gasteiger partial charge in [-0.15, -0.1) is 0 Å². The van der Waals surface area contributed by atoms with E-state index in [4.69, 9.17) is 19.4 Å². The third-order valence-corrected chi connectivity index (χ3v) is 10.7. The van der Waals surface area contributed by atoms with E-state index in [0.29, 0.717) is 17.5 Å². The molecule has 2 aliphatic rings. The number of aromatic nitrogens is 3. The number of furan rings is 1. The molecule has 2 heterocycles. The summed E-state index contributed by atoms with van der Waals surface area (Å²) < 4.78 is 6.41. The fourth-order valence-electron chi connectivity index (χ4n) is 8.46. The third-order valence-electron chi connectivity index (χ3n) is 10.7. The molecule has 0 radical (unpaired) electrons. The number of hydrogen-bond donors (Lipinski definition) is 0. The van der Waals surface area contributed by atoms with E-state index in [9.17, 15) is 0 Å². The molecule has 10 rings (SSSR count). The maximum atomic E-state index is 6.41. The smallest absolute Gasteiger partial charge is 0.164 e. The van der Waals surface area contributed by atoms with Gasteiger partial charge in [0.2, 0.25) is 0 Å². The number of rotatable bonds is 4. The fourth-order valence-corrected chi connectivity index (χ4v) is 8.46. The Labute approximate surface area is 285 Å². The Balaban J connectivity index is 1.13. The highest BCUT2D eigenvalue weighted by Gasteiger charge is 2.44. The van der Waals surface area contributed by atoms with Crippen LogP contribution in [0.3, 0.4) is 0 Å². The van der Waals surface area contributed by atoms with Crippen LogP contribution in [0.25, 0.3) is 78.4 Å². The maximum absolute atomic E-state index is 6.41. The minimum Gasteiger partial charge on any atom is -0.456 e. The minimum atomic E-state index is 0.128. The monoisotopic (exact) mass is 631 g/mol. The molecular weight excluding hydrogens is 599 g/mol. The largest absolute Gasteiger partial charge is 0.456 e. The minimum absolute atomic E-state index is 0.128. The van der Waals surface area contributed by atoms with Crippen LogP contribution in [-0.2, 0) is 5.41 Å². The van der Waals surface area contributed by atoms with Gasteiger partial charge in [-0.3, -0.25) is 0 Å². The molecule has 0 unspecified atom stereocenters. The lowest BCUT2D eigenvalue weighted by Crippen LogP contribution is -2.27. The Morgan fingerprint density at radius 1 is 0.429 bits per heavy atom. The van der Waals surface area contributed by atoms with Gasteiger partial charge in [0.25, 0.3) is 0 Å². The van der Waals surface area contributed by atoms with Crippen molar-refractivity contribution in [3.8, 4) is 56.4 Å². The van der Waals surface area contributed by atoms with Crippen LogP contribution in [0.5, 0.6) is 0 Å². The Hall–Kier alpha value is -5.87. The van der Waals surface area contributed by atoms with Crippen LogP contribution >= 0.6 is 0 Å². The van der Waals surface area contributed by atoms with Gasteiger partial charge >= 0.3 is 0 Å². The highest BCUT2D eigenvalue weighted by molar-refractivity contribution is 6.08. The number of benzene rings is 6. The van der Waals surface area contributed by atoms with E-state index in [1.807, 2.05) is 66.7 Å². The molecule has 1 spiro atoms. The quantitative estimate of drug-likeness (QED) is 0.194. The van der Waals surface area contributed by atoms with Crippen molar-refractivity contribution in [1.82, 2.24) is 15.0 Å². The van der Waals surface area contributed by atoms with E-state index in [1.54, 1.807) is 0 Å². The predicted molar refractivity (Wildman–Crippen MR) is 198 cm³/mol. The van der Waals surface area contributed by atoms with Crippen LogP contribution in [-0.4, -0.2) is 15.0 Å². The lowest BCUT2D eigenvalue weighted by molar-refractivity contribution is 0.353. The summed E-state index contributed by atoms with van der Waals surface area (Å²) in [5, 5.41) is 2.14. The molecule has 0 saturated heterocycles. The highest BCUT2D eigenvalue weighted by atomic mass is 16.3. The van der Waals surface area contributed by atoms with Crippen LogP contribution in [0.15, 0.2) is 144 Å². The molecule has 1 fully saturated rings. The van der Waals surface area contributed by atoms with Crippen molar-refractivity contribution >= 4 is 21.9 Å². The molecule has 4 nitrogen and oxygen atoms in total. The predicted octanol–water partition coefficient (Wildman–Crippen LogP) is 11.7. The molecular formula is C45H33N3O. The Morgan fingerprint density at radius 3 is 1.63 bits per heavy atom. The summed E-state index contributed by atoms with van der Waals surface area (Å²) in [6, 6.07) is 49.2. The molecule has 0 bridgehead atoms. The van der Waals surface area contributed by atoms with Crippen molar-refractivity contribution in [3.05, 3.63) is 151 Å². The van der Waals surface area contributed by atoms with Gasteiger partial charge in [-0.25, -0.2) is 15.0 Å². The lowest BCUT2D eigenvalue weighted by atomic mass is 9.68. The van der Waals surface area contributed by atoms with Crippen molar-refractivity contribution in [2.24, 2.45) is 0 Å². The van der Waals surface area contributed by atoms with Gasteiger partial charge in [-0.2, -0.15) is 0 Å². The van der Waals surface area contributed by atoms with Crippen LogP contribution in [0, 0.1) is 0 Å². The van der Waals surface area contributed by atoms with Gasteiger partial charge in [0.15, 0.2) is 17.5 Å². The van der Waals surface area contributed by atoms with Gasteiger partial charge in [-0.05, 0) is 76.6 Å². The first-order chi connectivity index (χ1) is 24.2. The van der Waals surface area contributed by atoms with Gasteiger partial charge in [0, 0.05) is 32.9 Å². The third kappa shape index (κ3) is 4.48. The van der Waals surface area contributed by atoms with Crippen molar-refractivity contribution in [1.29, 1.82) is 0 Å². The van der Waals surface area contributed by atoms with E-state index >= 15 is 0 Å². The van der Waals surface area contributed by atoms with Crippen LogP contribution < -0.4 is 0 Å².